The van der Waals surface area contributed by atoms with Gasteiger partial charge in [0.25, 0.3) is 5.91 Å². The van der Waals surface area contributed by atoms with E-state index >= 15 is 0 Å². The number of esters is 1. The van der Waals surface area contributed by atoms with Gasteiger partial charge in [0.05, 0.1) is 25.5 Å². The van der Waals surface area contributed by atoms with E-state index in [1.807, 2.05) is 84.9 Å². The fourth-order valence-corrected chi connectivity index (χ4v) is 8.08. The molecule has 3 aliphatic rings. The molecule has 2 amide bonds. The maximum atomic E-state index is 13.3. The normalized spacial score (nSPS) is 22.9. The van der Waals surface area contributed by atoms with Gasteiger partial charge >= 0.3 is 5.97 Å². The number of benzene rings is 4. The van der Waals surface area contributed by atoms with Crippen LogP contribution in [0.2, 0.25) is 0 Å². The maximum absolute atomic E-state index is 13.3. The van der Waals surface area contributed by atoms with Crippen molar-refractivity contribution in [3.63, 3.8) is 0 Å². The maximum Gasteiger partial charge on any atom is 0.303 e. The molecule has 3 heterocycles. The standard InChI is InChI=1S/C44H50N4O7/c1-29-39(26-47-21-19-44(20-22-47)43(52)46-28-48(44)38-13-5-4-6-14-38)54-42(55-40(29)34-17-15-32(27-49)16-18-34)37-12-8-11-36(24-37)35-10-7-9-33(23-35)25-45-41(51)30(2)53-31(3)50/h4-18,23-24,29-30,39-40,42,49H,19-22,25-28H2,1-3H3,(H,45,51)(H,46,52)/t29-,30-,39+,40+,42+/m0/s1. The Bertz CT molecular complexity index is 1960. The third-order valence-electron chi connectivity index (χ3n) is 11.2. The molecule has 3 saturated heterocycles. The number of hydrogen-bond donors (Lipinski definition) is 3. The number of piperidine rings is 1. The Kier molecular flexibility index (Phi) is 11.6. The summed E-state index contributed by atoms with van der Waals surface area (Å²) in [5.74, 6) is -0.749. The number of hydrogen-bond acceptors (Lipinski definition) is 9. The highest BCUT2D eigenvalue weighted by Gasteiger charge is 2.51. The van der Waals surface area contributed by atoms with E-state index in [0.717, 1.165) is 65.0 Å². The van der Waals surface area contributed by atoms with Gasteiger partial charge in [-0.15, -0.1) is 0 Å². The molecule has 0 aliphatic carbocycles. The fourth-order valence-electron chi connectivity index (χ4n) is 8.08. The van der Waals surface area contributed by atoms with Crippen molar-refractivity contribution in [2.75, 3.05) is 31.2 Å². The van der Waals surface area contributed by atoms with Crippen LogP contribution in [0.1, 0.15) is 68.3 Å². The zero-order valence-electron chi connectivity index (χ0n) is 31.6. The van der Waals surface area contributed by atoms with Crippen LogP contribution in [0.5, 0.6) is 0 Å². The first-order chi connectivity index (χ1) is 26.6. The van der Waals surface area contributed by atoms with E-state index in [1.54, 1.807) is 6.92 Å². The Hall–Kier alpha value is -5.07. The molecule has 3 N–H and O–H groups in total. The summed E-state index contributed by atoms with van der Waals surface area (Å²) in [6, 6.07) is 34.2. The minimum atomic E-state index is -0.874. The smallest absolute Gasteiger partial charge is 0.303 e. The summed E-state index contributed by atoms with van der Waals surface area (Å²) in [5.41, 5.74) is 6.10. The molecular weight excluding hydrogens is 697 g/mol. The molecule has 4 aromatic carbocycles. The van der Waals surface area contributed by atoms with E-state index in [1.165, 1.54) is 6.92 Å². The van der Waals surface area contributed by atoms with Crippen molar-refractivity contribution in [3.05, 3.63) is 125 Å². The molecule has 3 fully saturated rings. The topological polar surface area (TPSA) is 130 Å². The lowest BCUT2D eigenvalue weighted by atomic mass is 9.84. The number of carbonyl (C=O) groups is 3. The lowest BCUT2D eigenvalue weighted by Gasteiger charge is -2.46. The average Bonchev–Trinajstić information content (AvgIpc) is 3.52. The van der Waals surface area contributed by atoms with Crippen molar-refractivity contribution in [3.8, 4) is 11.1 Å². The number of nitrogens with zero attached hydrogens (tertiary/aromatic N) is 2. The molecule has 4 aromatic rings. The van der Waals surface area contributed by atoms with Crippen molar-refractivity contribution >= 4 is 23.5 Å². The number of carbonyl (C=O) groups excluding carboxylic acids is 3. The Labute approximate surface area is 322 Å². The molecule has 0 unspecified atom stereocenters. The zero-order chi connectivity index (χ0) is 38.5. The van der Waals surface area contributed by atoms with Crippen LogP contribution >= 0.6 is 0 Å². The number of aliphatic hydroxyl groups excluding tert-OH is 1. The second-order valence-electron chi connectivity index (χ2n) is 14.9. The predicted octanol–water partition coefficient (Wildman–Crippen LogP) is 5.63. The van der Waals surface area contributed by atoms with Crippen molar-refractivity contribution in [1.29, 1.82) is 0 Å². The van der Waals surface area contributed by atoms with Gasteiger partial charge in [0.2, 0.25) is 5.91 Å². The fraction of sp³-hybridized carbons (Fsp3) is 0.386. The van der Waals surface area contributed by atoms with Gasteiger partial charge in [-0.2, -0.15) is 0 Å². The van der Waals surface area contributed by atoms with Gasteiger partial charge in [0.15, 0.2) is 12.4 Å². The van der Waals surface area contributed by atoms with Gasteiger partial charge in [-0.1, -0.05) is 85.8 Å². The van der Waals surface area contributed by atoms with Crippen molar-refractivity contribution < 1.29 is 33.7 Å². The lowest BCUT2D eigenvalue weighted by Crippen LogP contribution is -2.57. The molecule has 11 nitrogen and oxygen atoms in total. The van der Waals surface area contributed by atoms with E-state index in [4.69, 9.17) is 14.2 Å². The second kappa shape index (κ2) is 16.7. The van der Waals surface area contributed by atoms with Crippen LogP contribution in [-0.2, 0) is 41.7 Å². The molecule has 11 heteroatoms. The molecule has 55 heavy (non-hydrogen) atoms. The summed E-state index contributed by atoms with van der Waals surface area (Å²) >= 11 is 0. The lowest BCUT2D eigenvalue weighted by molar-refractivity contribution is -0.276. The number of ether oxygens (including phenoxy) is 3. The average molecular weight is 747 g/mol. The SMILES string of the molecule is CC(=O)O[C@@H](C)C(=O)NCc1cccc(-c2cccc([C@@H]3O[C@H](CN4CCC5(CC4)C(=O)NCN5c4ccccc4)[C@H](C)[C@H](c4ccc(CO)cc4)O3)c2)c1. The molecule has 5 atom stereocenters. The molecule has 7 rings (SSSR count). The Morgan fingerprint density at radius 3 is 2.33 bits per heavy atom. The summed E-state index contributed by atoms with van der Waals surface area (Å²) in [6.45, 7) is 7.99. The Balaban J connectivity index is 1.09. The number of para-hydroxylation sites is 1. The second-order valence-corrected chi connectivity index (χ2v) is 14.9. The van der Waals surface area contributed by atoms with Crippen molar-refractivity contribution in [2.45, 2.75) is 76.9 Å². The molecule has 0 aromatic heterocycles. The number of aliphatic hydroxyl groups is 1. The number of likely N-dealkylation sites (tertiary alicyclic amines) is 1. The van der Waals surface area contributed by atoms with Gasteiger partial charge in [0, 0.05) is 50.3 Å². The van der Waals surface area contributed by atoms with Crippen LogP contribution in [0.15, 0.2) is 103 Å². The number of rotatable bonds is 11. The van der Waals surface area contributed by atoms with E-state index in [2.05, 4.69) is 45.6 Å². The largest absolute Gasteiger partial charge is 0.453 e. The highest BCUT2D eigenvalue weighted by Crippen LogP contribution is 2.43. The first-order valence-corrected chi connectivity index (χ1v) is 19.1. The van der Waals surface area contributed by atoms with Crippen LogP contribution in [-0.4, -0.2) is 71.8 Å². The first kappa shape index (κ1) is 38.2. The Morgan fingerprint density at radius 1 is 0.909 bits per heavy atom. The zero-order valence-corrected chi connectivity index (χ0v) is 31.6. The summed E-state index contributed by atoms with van der Waals surface area (Å²) in [4.78, 5) is 41.7. The number of nitrogens with one attached hydrogen (secondary N) is 2. The van der Waals surface area contributed by atoms with E-state index in [9.17, 15) is 19.5 Å². The van der Waals surface area contributed by atoms with E-state index < -0.39 is 23.9 Å². The molecule has 3 aliphatic heterocycles. The number of anilines is 1. The minimum absolute atomic E-state index is 0.0151. The third kappa shape index (κ3) is 8.45. The molecule has 0 saturated carbocycles. The first-order valence-electron chi connectivity index (χ1n) is 19.1. The van der Waals surface area contributed by atoms with Crippen LogP contribution in [0.3, 0.4) is 0 Å². The van der Waals surface area contributed by atoms with Gasteiger partial charge in [-0.3, -0.25) is 14.4 Å². The number of amides is 2. The molecule has 0 radical (unpaired) electrons. The third-order valence-corrected chi connectivity index (χ3v) is 11.2. The molecule has 1 spiro atoms. The summed E-state index contributed by atoms with van der Waals surface area (Å²) in [6.07, 6.45) is -0.497. The monoisotopic (exact) mass is 746 g/mol. The van der Waals surface area contributed by atoms with Crippen LogP contribution in [0.4, 0.5) is 5.69 Å². The van der Waals surface area contributed by atoms with Crippen LogP contribution in [0.25, 0.3) is 11.1 Å². The molecule has 0 bridgehead atoms. The van der Waals surface area contributed by atoms with E-state index in [0.29, 0.717) is 13.2 Å². The molecular formula is C44H50N4O7. The van der Waals surface area contributed by atoms with Crippen LogP contribution < -0.4 is 15.5 Å². The van der Waals surface area contributed by atoms with Gasteiger partial charge in [-0.05, 0) is 71.8 Å². The summed E-state index contributed by atoms with van der Waals surface area (Å²) in [7, 11) is 0. The predicted molar refractivity (Wildman–Crippen MR) is 208 cm³/mol. The van der Waals surface area contributed by atoms with Crippen molar-refractivity contribution in [1.82, 2.24) is 15.5 Å². The van der Waals surface area contributed by atoms with Crippen LogP contribution in [0, 0.1) is 5.92 Å². The van der Waals surface area contributed by atoms with Crippen molar-refractivity contribution in [2.24, 2.45) is 5.92 Å². The highest BCUT2D eigenvalue weighted by molar-refractivity contribution is 5.93. The van der Waals surface area contributed by atoms with Gasteiger partial charge in [-0.25, -0.2) is 0 Å². The van der Waals surface area contributed by atoms with E-state index in [-0.39, 0.29) is 43.1 Å². The summed E-state index contributed by atoms with van der Waals surface area (Å²) < 4.78 is 18.7. The minimum Gasteiger partial charge on any atom is -0.453 e. The Morgan fingerprint density at radius 2 is 1.62 bits per heavy atom. The van der Waals surface area contributed by atoms with Gasteiger partial charge < -0.3 is 39.8 Å². The highest BCUT2D eigenvalue weighted by atomic mass is 16.7. The summed E-state index contributed by atoms with van der Waals surface area (Å²) in [5, 5.41) is 15.7. The quantitative estimate of drug-likeness (QED) is 0.167. The van der Waals surface area contributed by atoms with Gasteiger partial charge in [0.1, 0.15) is 5.54 Å². The molecule has 288 valence electrons.